The molecular formula is C26H29F2N3O4. The zero-order valence-corrected chi connectivity index (χ0v) is 19.3. The Morgan fingerprint density at radius 1 is 1.03 bits per heavy atom. The largest absolute Gasteiger partial charge is 0.508 e. The van der Waals surface area contributed by atoms with Crippen molar-refractivity contribution in [2.45, 2.75) is 56.1 Å². The second kappa shape index (κ2) is 9.81. The topological polar surface area (TPSA) is 82.1 Å². The Labute approximate surface area is 202 Å². The van der Waals surface area contributed by atoms with Crippen molar-refractivity contribution in [3.63, 3.8) is 0 Å². The van der Waals surface area contributed by atoms with E-state index in [9.17, 15) is 23.5 Å². The molecule has 2 saturated heterocycles. The average molecular weight is 486 g/mol. The summed E-state index contributed by atoms with van der Waals surface area (Å²) in [7, 11) is 0. The van der Waals surface area contributed by atoms with Crippen LogP contribution in [-0.2, 0) is 4.74 Å². The van der Waals surface area contributed by atoms with Crippen LogP contribution < -0.4 is 5.32 Å². The highest BCUT2D eigenvalue weighted by molar-refractivity contribution is 5.92. The number of imide groups is 1. The number of benzene rings is 2. The molecule has 2 aromatic carbocycles. The Balaban J connectivity index is 1.16. The predicted octanol–water partition coefficient (Wildman–Crippen LogP) is 4.67. The molecule has 186 valence electrons. The molecule has 0 radical (unpaired) electrons. The van der Waals surface area contributed by atoms with Crippen molar-refractivity contribution in [1.29, 1.82) is 0 Å². The van der Waals surface area contributed by atoms with E-state index in [-0.39, 0.29) is 12.6 Å². The van der Waals surface area contributed by atoms with Crippen molar-refractivity contribution in [2.24, 2.45) is 0 Å². The van der Waals surface area contributed by atoms with Crippen LogP contribution in [-0.4, -0.2) is 58.8 Å². The highest BCUT2D eigenvalue weighted by atomic mass is 19.2. The minimum Gasteiger partial charge on any atom is -0.508 e. The molecule has 3 fully saturated rings. The molecule has 0 aromatic heterocycles. The summed E-state index contributed by atoms with van der Waals surface area (Å²) < 4.78 is 32.1. The van der Waals surface area contributed by atoms with Crippen molar-refractivity contribution in [3.05, 3.63) is 65.2 Å². The summed E-state index contributed by atoms with van der Waals surface area (Å²) in [5.41, 5.74) is 1.32. The lowest BCUT2D eigenvalue weighted by Crippen LogP contribution is -2.47. The molecule has 0 spiro atoms. The Hall–Kier alpha value is -3.20. The molecule has 9 heteroatoms. The maximum absolute atomic E-state index is 13.7. The lowest BCUT2D eigenvalue weighted by molar-refractivity contribution is 0.155. The van der Waals surface area contributed by atoms with Crippen LogP contribution in [0.15, 0.2) is 42.5 Å². The Morgan fingerprint density at radius 2 is 1.80 bits per heavy atom. The normalized spacial score (nSPS) is 27.1. The van der Waals surface area contributed by atoms with Gasteiger partial charge < -0.3 is 15.2 Å². The number of phenolic OH excluding ortho intramolecular Hbond substituents is 1. The van der Waals surface area contributed by atoms with Crippen LogP contribution in [0.2, 0.25) is 0 Å². The van der Waals surface area contributed by atoms with Gasteiger partial charge in [-0.15, -0.1) is 0 Å². The number of amides is 3. The van der Waals surface area contributed by atoms with Gasteiger partial charge in [-0.2, -0.15) is 0 Å². The number of cyclic esters (lactones) is 1. The lowest BCUT2D eigenvalue weighted by Gasteiger charge is -2.35. The fourth-order valence-electron chi connectivity index (χ4n) is 5.68. The van der Waals surface area contributed by atoms with Crippen molar-refractivity contribution in [1.82, 2.24) is 15.1 Å². The first-order valence-electron chi connectivity index (χ1n) is 12.1. The number of likely N-dealkylation sites (tertiary alicyclic amines) is 1. The van der Waals surface area contributed by atoms with Crippen LogP contribution in [0.5, 0.6) is 5.75 Å². The molecule has 35 heavy (non-hydrogen) atoms. The molecule has 7 nitrogen and oxygen atoms in total. The maximum Gasteiger partial charge on any atom is 0.418 e. The first-order chi connectivity index (χ1) is 16.9. The quantitative estimate of drug-likeness (QED) is 0.658. The molecule has 2 heterocycles. The zero-order valence-electron chi connectivity index (χ0n) is 19.3. The van der Waals surface area contributed by atoms with E-state index >= 15 is 0 Å². The van der Waals surface area contributed by atoms with Crippen molar-refractivity contribution >= 4 is 12.1 Å². The van der Waals surface area contributed by atoms with Gasteiger partial charge in [-0.1, -0.05) is 24.3 Å². The number of para-hydroxylation sites is 1. The van der Waals surface area contributed by atoms with Gasteiger partial charge in [0.25, 0.3) is 0 Å². The monoisotopic (exact) mass is 485 g/mol. The first kappa shape index (κ1) is 23.5. The number of hydrogen-bond donors (Lipinski definition) is 2. The molecule has 5 rings (SSSR count). The molecule has 2 N–H and O–H groups in total. The summed E-state index contributed by atoms with van der Waals surface area (Å²) in [6, 6.07) is 9.78. The molecule has 1 saturated carbocycles. The number of phenols is 1. The minimum atomic E-state index is -1.04. The van der Waals surface area contributed by atoms with Gasteiger partial charge >= 0.3 is 12.1 Å². The minimum absolute atomic E-state index is 0.103. The number of carbonyl (C=O) groups excluding carboxylic acids is 2. The smallest absolute Gasteiger partial charge is 0.418 e. The maximum atomic E-state index is 13.7. The summed E-state index contributed by atoms with van der Waals surface area (Å²) in [4.78, 5) is 28.6. The Morgan fingerprint density at radius 3 is 2.54 bits per heavy atom. The van der Waals surface area contributed by atoms with Crippen molar-refractivity contribution < 1.29 is 28.2 Å². The summed E-state index contributed by atoms with van der Waals surface area (Å²) in [5.74, 6) is -1.30. The van der Waals surface area contributed by atoms with Crippen LogP contribution >= 0.6 is 0 Å². The van der Waals surface area contributed by atoms with Gasteiger partial charge in [0.15, 0.2) is 11.6 Å². The third-order valence-corrected chi connectivity index (χ3v) is 7.56. The molecule has 1 aliphatic carbocycles. The zero-order chi connectivity index (χ0) is 24.5. The van der Waals surface area contributed by atoms with Crippen molar-refractivity contribution in [2.75, 3.05) is 19.7 Å². The second-order valence-corrected chi connectivity index (χ2v) is 9.63. The van der Waals surface area contributed by atoms with Crippen molar-refractivity contribution in [3.8, 4) is 5.75 Å². The number of aromatic hydroxyl groups is 1. The standard InChI is InChI=1S/C26H29F2N3O4/c27-21-10-7-17(13-22(21)28)23-15-35-26(34)31(23)25(33)29-18-11-12-30(14-18)19-8-5-16(6-9-19)20-3-1-2-4-24(20)32/h1-4,7,10,13,16,18-19,23,32H,5-6,8-9,11-12,14-15H2,(H,29,33)/t16?,18-,19?,23?/m1/s1. The lowest BCUT2D eigenvalue weighted by atomic mass is 9.81. The van der Waals surface area contributed by atoms with Gasteiger partial charge in [-0.25, -0.2) is 23.3 Å². The summed E-state index contributed by atoms with van der Waals surface area (Å²) in [6.45, 7) is 1.44. The predicted molar refractivity (Wildman–Crippen MR) is 124 cm³/mol. The molecule has 3 amide bonds. The molecule has 1 unspecified atom stereocenters. The highest BCUT2D eigenvalue weighted by Gasteiger charge is 2.41. The van der Waals surface area contributed by atoms with Crippen LogP contribution in [0.25, 0.3) is 0 Å². The SMILES string of the molecule is O=C(N[C@@H]1CCN(C2CCC(c3ccccc3O)CC2)C1)N1C(=O)OCC1c1ccc(F)c(F)c1. The molecular weight excluding hydrogens is 456 g/mol. The summed E-state index contributed by atoms with van der Waals surface area (Å²) in [5, 5.41) is 13.1. The summed E-state index contributed by atoms with van der Waals surface area (Å²) in [6.07, 6.45) is 4.03. The average Bonchev–Trinajstić information content (AvgIpc) is 3.48. The van der Waals surface area contributed by atoms with E-state index in [1.807, 2.05) is 18.2 Å². The highest BCUT2D eigenvalue weighted by Crippen LogP contribution is 2.39. The number of ether oxygens (including phenoxy) is 1. The fraction of sp³-hybridized carbons (Fsp3) is 0.462. The third kappa shape index (κ3) is 4.82. The first-order valence-corrected chi connectivity index (χ1v) is 12.1. The van der Waals surface area contributed by atoms with E-state index in [0.29, 0.717) is 29.8 Å². The van der Waals surface area contributed by atoms with Crippen LogP contribution in [0, 0.1) is 11.6 Å². The number of nitrogens with zero attached hydrogens (tertiary/aromatic N) is 2. The van der Waals surface area contributed by atoms with Gasteiger partial charge in [0.1, 0.15) is 18.4 Å². The van der Waals surface area contributed by atoms with E-state index in [4.69, 9.17) is 4.74 Å². The Bertz CT molecular complexity index is 1110. The molecule has 2 aliphatic heterocycles. The number of hydrogen-bond acceptors (Lipinski definition) is 5. The van der Waals surface area contributed by atoms with Gasteiger partial charge in [-0.3, -0.25) is 4.90 Å². The number of rotatable bonds is 4. The van der Waals surface area contributed by atoms with E-state index < -0.39 is 29.8 Å². The van der Waals surface area contributed by atoms with Gasteiger partial charge in [0.05, 0.1) is 0 Å². The molecule has 0 bridgehead atoms. The summed E-state index contributed by atoms with van der Waals surface area (Å²) >= 11 is 0. The van der Waals surface area contributed by atoms with E-state index in [1.165, 1.54) is 6.07 Å². The molecule has 3 aliphatic rings. The Kier molecular flexibility index (Phi) is 6.60. The van der Waals surface area contributed by atoms with Crippen LogP contribution in [0.1, 0.15) is 55.2 Å². The number of urea groups is 1. The third-order valence-electron chi connectivity index (χ3n) is 7.56. The number of carbonyl (C=O) groups is 2. The van der Waals surface area contributed by atoms with Crippen LogP contribution in [0.4, 0.5) is 18.4 Å². The fourth-order valence-corrected chi connectivity index (χ4v) is 5.68. The molecule has 2 aromatic rings. The van der Waals surface area contributed by atoms with Crippen LogP contribution in [0.3, 0.4) is 0 Å². The van der Waals surface area contributed by atoms with Gasteiger partial charge in [-0.05, 0) is 67.3 Å². The van der Waals surface area contributed by atoms with E-state index in [0.717, 1.165) is 61.2 Å². The van der Waals surface area contributed by atoms with Gasteiger partial charge in [0, 0.05) is 25.2 Å². The number of nitrogens with one attached hydrogen (secondary N) is 1. The van der Waals surface area contributed by atoms with E-state index in [1.54, 1.807) is 6.07 Å². The molecule has 2 atom stereocenters. The number of halogens is 2. The van der Waals surface area contributed by atoms with E-state index in [2.05, 4.69) is 10.2 Å². The van der Waals surface area contributed by atoms with Gasteiger partial charge in [0.2, 0.25) is 0 Å². The second-order valence-electron chi connectivity index (χ2n) is 9.63.